The van der Waals surface area contributed by atoms with E-state index < -0.39 is 0 Å². The van der Waals surface area contributed by atoms with Crippen molar-refractivity contribution in [2.75, 3.05) is 27.2 Å². The highest BCUT2D eigenvalue weighted by Gasteiger charge is 2.22. The van der Waals surface area contributed by atoms with Gasteiger partial charge in [-0.15, -0.1) is 0 Å². The molecule has 6 heteroatoms. The average molecular weight is 485 g/mol. The third-order valence-corrected chi connectivity index (χ3v) is 7.14. The van der Waals surface area contributed by atoms with Crippen molar-refractivity contribution in [3.63, 3.8) is 0 Å². The van der Waals surface area contributed by atoms with Gasteiger partial charge in [0.2, 0.25) is 0 Å². The Morgan fingerprint density at radius 1 is 0.972 bits per heavy atom. The van der Waals surface area contributed by atoms with Gasteiger partial charge in [-0.3, -0.25) is 9.88 Å². The second kappa shape index (κ2) is 11.7. The lowest BCUT2D eigenvalue weighted by Crippen LogP contribution is -2.33. The molecule has 1 fully saturated rings. The van der Waals surface area contributed by atoms with Gasteiger partial charge in [-0.25, -0.2) is 0 Å². The van der Waals surface area contributed by atoms with E-state index in [4.69, 9.17) is 9.26 Å². The summed E-state index contributed by atoms with van der Waals surface area (Å²) >= 11 is 0. The van der Waals surface area contributed by atoms with Crippen LogP contribution in [-0.2, 0) is 26.1 Å². The summed E-state index contributed by atoms with van der Waals surface area (Å²) in [7, 11) is 4.12. The van der Waals surface area contributed by atoms with Crippen molar-refractivity contribution in [3.05, 3.63) is 89.4 Å². The van der Waals surface area contributed by atoms with E-state index in [1.54, 1.807) is 12.4 Å². The standard InChI is InChI=1S/C30H36N4O2/c1-33(2)21-27-29(35-22-25-12-16-31-17-13-25)11-9-26-28(32-36-30(26)27)10-8-23-14-18-34(19-15-23)20-24-6-4-3-5-7-24/h3-7,9,11-13,16-17,23H,8,10,14-15,18-22H2,1-2H3. The lowest BCUT2D eigenvalue weighted by Gasteiger charge is -2.31. The Balaban J connectivity index is 1.21. The Kier molecular flexibility index (Phi) is 7.94. The van der Waals surface area contributed by atoms with E-state index in [1.807, 2.05) is 12.1 Å². The van der Waals surface area contributed by atoms with Gasteiger partial charge < -0.3 is 14.2 Å². The molecule has 0 aliphatic carbocycles. The molecule has 0 saturated carbocycles. The SMILES string of the molecule is CN(C)Cc1c(OCc2ccncc2)ccc2c(CCC3CCN(Cc4ccccc4)CC3)noc12. The molecule has 0 N–H and O–H groups in total. The number of likely N-dealkylation sites (tertiary alicyclic amines) is 1. The second-order valence-electron chi connectivity index (χ2n) is 10.2. The zero-order valence-corrected chi connectivity index (χ0v) is 21.4. The summed E-state index contributed by atoms with van der Waals surface area (Å²) in [5.41, 5.74) is 5.47. The summed E-state index contributed by atoms with van der Waals surface area (Å²) in [5.74, 6) is 1.59. The lowest BCUT2D eigenvalue weighted by molar-refractivity contribution is 0.172. The predicted molar refractivity (Wildman–Crippen MR) is 143 cm³/mol. The van der Waals surface area contributed by atoms with E-state index in [9.17, 15) is 0 Å². The fourth-order valence-corrected chi connectivity index (χ4v) is 5.13. The normalized spacial score (nSPS) is 15.1. The highest BCUT2D eigenvalue weighted by Crippen LogP contribution is 2.33. The summed E-state index contributed by atoms with van der Waals surface area (Å²) < 4.78 is 12.1. The minimum Gasteiger partial charge on any atom is -0.488 e. The number of hydrogen-bond donors (Lipinski definition) is 0. The number of benzene rings is 2. The molecule has 5 rings (SSSR count). The van der Waals surface area contributed by atoms with E-state index in [0.29, 0.717) is 6.61 Å². The molecule has 1 saturated heterocycles. The molecule has 0 atom stereocenters. The van der Waals surface area contributed by atoms with Crippen LogP contribution in [0, 0.1) is 5.92 Å². The Labute approximate surface area is 213 Å². The molecular weight excluding hydrogens is 448 g/mol. The van der Waals surface area contributed by atoms with Crippen molar-refractivity contribution in [2.24, 2.45) is 5.92 Å². The molecule has 1 aliphatic heterocycles. The van der Waals surface area contributed by atoms with Crippen LogP contribution < -0.4 is 4.74 Å². The topological polar surface area (TPSA) is 54.6 Å². The van der Waals surface area contributed by atoms with Crippen molar-refractivity contribution in [1.29, 1.82) is 0 Å². The second-order valence-corrected chi connectivity index (χ2v) is 10.2. The zero-order valence-electron chi connectivity index (χ0n) is 21.4. The van der Waals surface area contributed by atoms with Crippen LogP contribution in [0.15, 0.2) is 71.5 Å². The van der Waals surface area contributed by atoms with Crippen molar-refractivity contribution in [3.8, 4) is 5.75 Å². The summed E-state index contributed by atoms with van der Waals surface area (Å²) in [6, 6.07) is 18.9. The average Bonchev–Trinajstić information content (AvgIpc) is 3.32. The third kappa shape index (κ3) is 6.12. The number of fused-ring (bicyclic) bond motifs is 1. The summed E-state index contributed by atoms with van der Waals surface area (Å²) in [5, 5.41) is 5.63. The molecule has 0 unspecified atom stereocenters. The van der Waals surface area contributed by atoms with Crippen molar-refractivity contribution >= 4 is 11.0 Å². The van der Waals surface area contributed by atoms with Crippen LogP contribution in [0.4, 0.5) is 0 Å². The van der Waals surface area contributed by atoms with Crippen LogP contribution >= 0.6 is 0 Å². The van der Waals surface area contributed by atoms with E-state index in [-0.39, 0.29) is 0 Å². The van der Waals surface area contributed by atoms with Gasteiger partial charge in [0.25, 0.3) is 0 Å². The number of pyridine rings is 1. The van der Waals surface area contributed by atoms with Crippen molar-refractivity contribution in [2.45, 2.75) is 45.4 Å². The molecule has 2 aromatic carbocycles. The first-order valence-electron chi connectivity index (χ1n) is 13.0. The number of piperidine rings is 1. The van der Waals surface area contributed by atoms with E-state index >= 15 is 0 Å². The van der Waals surface area contributed by atoms with Gasteiger partial charge in [0.15, 0.2) is 5.58 Å². The molecule has 0 radical (unpaired) electrons. The fourth-order valence-electron chi connectivity index (χ4n) is 5.13. The third-order valence-electron chi connectivity index (χ3n) is 7.14. The number of hydrogen-bond acceptors (Lipinski definition) is 6. The maximum Gasteiger partial charge on any atom is 0.175 e. The van der Waals surface area contributed by atoms with Gasteiger partial charge in [0.1, 0.15) is 12.4 Å². The minimum absolute atomic E-state index is 0.498. The van der Waals surface area contributed by atoms with Crippen molar-refractivity contribution < 1.29 is 9.26 Å². The number of aromatic nitrogens is 2. The molecule has 3 heterocycles. The molecular formula is C30H36N4O2. The van der Waals surface area contributed by atoms with Crippen LogP contribution in [0.5, 0.6) is 5.75 Å². The van der Waals surface area contributed by atoms with Crippen molar-refractivity contribution in [1.82, 2.24) is 19.9 Å². The molecule has 0 bridgehead atoms. The molecule has 6 nitrogen and oxygen atoms in total. The van der Waals surface area contributed by atoms with E-state index in [0.717, 1.165) is 65.4 Å². The highest BCUT2D eigenvalue weighted by atomic mass is 16.5. The summed E-state index contributed by atoms with van der Waals surface area (Å²) in [6.07, 6.45) is 8.19. The molecule has 2 aromatic heterocycles. The van der Waals surface area contributed by atoms with Gasteiger partial charge in [-0.1, -0.05) is 35.5 Å². The zero-order chi connectivity index (χ0) is 24.7. The Bertz CT molecular complexity index is 1230. The quantitative estimate of drug-likeness (QED) is 0.287. The minimum atomic E-state index is 0.498. The summed E-state index contributed by atoms with van der Waals surface area (Å²) in [6.45, 7) is 4.63. The van der Waals surface area contributed by atoms with Crippen LogP contribution in [0.3, 0.4) is 0 Å². The molecule has 36 heavy (non-hydrogen) atoms. The van der Waals surface area contributed by atoms with Crippen LogP contribution in [0.1, 0.15) is 41.6 Å². The highest BCUT2D eigenvalue weighted by molar-refractivity contribution is 5.84. The lowest BCUT2D eigenvalue weighted by atomic mass is 9.91. The number of aryl methyl sites for hydroxylation is 1. The number of nitrogens with zero attached hydrogens (tertiary/aromatic N) is 4. The first-order chi connectivity index (χ1) is 17.7. The van der Waals surface area contributed by atoms with Crippen LogP contribution in [-0.4, -0.2) is 47.1 Å². The number of rotatable bonds is 10. The van der Waals surface area contributed by atoms with Crippen LogP contribution in [0.25, 0.3) is 11.0 Å². The molecule has 1 aliphatic rings. The van der Waals surface area contributed by atoms with Gasteiger partial charge >= 0.3 is 0 Å². The maximum atomic E-state index is 6.20. The van der Waals surface area contributed by atoms with Gasteiger partial charge in [0, 0.05) is 30.9 Å². The molecule has 188 valence electrons. The van der Waals surface area contributed by atoms with Gasteiger partial charge in [-0.05, 0) is 94.2 Å². The number of ether oxygens (including phenoxy) is 1. The molecule has 0 spiro atoms. The van der Waals surface area contributed by atoms with Crippen LogP contribution in [0.2, 0.25) is 0 Å². The van der Waals surface area contributed by atoms with Gasteiger partial charge in [-0.2, -0.15) is 0 Å². The first-order valence-corrected chi connectivity index (χ1v) is 13.0. The predicted octanol–water partition coefficient (Wildman–Crippen LogP) is 5.71. The van der Waals surface area contributed by atoms with Gasteiger partial charge in [0.05, 0.1) is 11.3 Å². The monoisotopic (exact) mass is 484 g/mol. The Morgan fingerprint density at radius 2 is 1.75 bits per heavy atom. The Morgan fingerprint density at radius 3 is 2.50 bits per heavy atom. The van der Waals surface area contributed by atoms with E-state index in [2.05, 4.69) is 76.5 Å². The maximum absolute atomic E-state index is 6.20. The smallest absolute Gasteiger partial charge is 0.175 e. The largest absolute Gasteiger partial charge is 0.488 e. The molecule has 4 aromatic rings. The fraction of sp³-hybridized carbons (Fsp3) is 0.400. The Hall–Kier alpha value is -3.22. The first kappa shape index (κ1) is 24.5. The summed E-state index contributed by atoms with van der Waals surface area (Å²) in [4.78, 5) is 8.80. The molecule has 0 amide bonds. The van der Waals surface area contributed by atoms with E-state index in [1.165, 1.54) is 31.5 Å².